The molecular formula is C5H10N2O4. The highest BCUT2D eigenvalue weighted by Gasteiger charge is 2.00. The van der Waals surface area contributed by atoms with E-state index in [-0.39, 0.29) is 6.54 Å². The monoisotopic (exact) mass is 162 g/mol. The Morgan fingerprint density at radius 3 is 2.64 bits per heavy atom. The lowest BCUT2D eigenvalue weighted by Gasteiger charge is -2.01. The molecule has 0 saturated carbocycles. The van der Waals surface area contributed by atoms with E-state index < -0.39 is 18.5 Å². The van der Waals surface area contributed by atoms with Gasteiger partial charge >= 0.3 is 5.97 Å². The molecule has 0 aliphatic carbocycles. The van der Waals surface area contributed by atoms with Crippen LogP contribution in [-0.2, 0) is 14.4 Å². The lowest BCUT2D eigenvalue weighted by Crippen LogP contribution is -2.33. The van der Waals surface area contributed by atoms with Crippen LogP contribution in [0.5, 0.6) is 0 Å². The van der Waals surface area contributed by atoms with Crippen molar-refractivity contribution < 1.29 is 19.5 Å². The van der Waals surface area contributed by atoms with Gasteiger partial charge in [-0.25, -0.2) is 10.3 Å². The van der Waals surface area contributed by atoms with Gasteiger partial charge in [-0.3, -0.25) is 9.63 Å². The van der Waals surface area contributed by atoms with Crippen molar-refractivity contribution in [2.75, 3.05) is 20.2 Å². The molecule has 0 aromatic heterocycles. The molecule has 0 aromatic rings. The van der Waals surface area contributed by atoms with Crippen molar-refractivity contribution in [3.05, 3.63) is 0 Å². The summed E-state index contributed by atoms with van der Waals surface area (Å²) in [5, 5.41) is 10.6. The Kier molecular flexibility index (Phi) is 5.05. The van der Waals surface area contributed by atoms with Gasteiger partial charge < -0.3 is 10.4 Å². The van der Waals surface area contributed by atoms with Gasteiger partial charge in [0.25, 0.3) is 5.91 Å². The smallest absolute Gasteiger partial charge is 0.332 e. The number of aliphatic carboxylic acids is 1. The zero-order chi connectivity index (χ0) is 8.69. The Labute approximate surface area is 63.5 Å². The summed E-state index contributed by atoms with van der Waals surface area (Å²) >= 11 is 0. The number of carboxylic acid groups (broad SMARTS) is 1. The van der Waals surface area contributed by atoms with Gasteiger partial charge in [0.2, 0.25) is 0 Å². The molecule has 3 N–H and O–H groups in total. The van der Waals surface area contributed by atoms with Gasteiger partial charge in [-0.15, -0.1) is 0 Å². The molecule has 0 aromatic carbocycles. The van der Waals surface area contributed by atoms with Crippen LogP contribution < -0.4 is 10.8 Å². The minimum absolute atomic E-state index is 0.0968. The average Bonchev–Trinajstić information content (AvgIpc) is 1.87. The predicted molar refractivity (Wildman–Crippen MR) is 35.7 cm³/mol. The first-order chi connectivity index (χ1) is 5.16. The van der Waals surface area contributed by atoms with E-state index in [0.717, 1.165) is 0 Å². The summed E-state index contributed by atoms with van der Waals surface area (Å²) < 4.78 is 0. The standard InChI is InChI=1S/C5H10N2O4/c1-6-2-4(8)7-11-3-5(9)10/h6H,2-3H2,1H3,(H,7,8)(H,9,10). The zero-order valence-corrected chi connectivity index (χ0v) is 6.09. The molecular weight excluding hydrogens is 152 g/mol. The third kappa shape index (κ3) is 6.75. The summed E-state index contributed by atoms with van der Waals surface area (Å²) in [5.41, 5.74) is 1.93. The summed E-state index contributed by atoms with van der Waals surface area (Å²) in [7, 11) is 1.59. The van der Waals surface area contributed by atoms with Gasteiger partial charge in [0.15, 0.2) is 6.61 Å². The van der Waals surface area contributed by atoms with Crippen molar-refractivity contribution >= 4 is 11.9 Å². The SMILES string of the molecule is CNCC(=O)NOCC(=O)O. The minimum atomic E-state index is -1.13. The van der Waals surface area contributed by atoms with Gasteiger partial charge in [0, 0.05) is 0 Å². The van der Waals surface area contributed by atoms with E-state index in [2.05, 4.69) is 10.2 Å². The topological polar surface area (TPSA) is 87.7 Å². The van der Waals surface area contributed by atoms with E-state index in [0.29, 0.717) is 0 Å². The molecule has 6 nitrogen and oxygen atoms in total. The summed E-state index contributed by atoms with van der Waals surface area (Å²) in [6.45, 7) is -0.435. The van der Waals surface area contributed by atoms with Crippen molar-refractivity contribution in [1.29, 1.82) is 0 Å². The molecule has 0 rings (SSSR count). The maximum atomic E-state index is 10.5. The van der Waals surface area contributed by atoms with E-state index in [1.165, 1.54) is 0 Å². The average molecular weight is 162 g/mol. The van der Waals surface area contributed by atoms with Crippen LogP contribution in [-0.4, -0.2) is 37.2 Å². The Morgan fingerprint density at radius 2 is 2.18 bits per heavy atom. The molecule has 0 radical (unpaired) electrons. The highest BCUT2D eigenvalue weighted by molar-refractivity contribution is 5.77. The number of carbonyl (C=O) groups is 2. The van der Waals surface area contributed by atoms with Crippen LogP contribution in [0.4, 0.5) is 0 Å². The molecule has 0 fully saturated rings. The summed E-state index contributed by atoms with van der Waals surface area (Å²) in [5.74, 6) is -1.54. The quantitative estimate of drug-likeness (QED) is 0.421. The Hall–Kier alpha value is -1.14. The second-order valence-electron chi connectivity index (χ2n) is 1.74. The Balaban J connectivity index is 3.24. The van der Waals surface area contributed by atoms with Crippen molar-refractivity contribution in [2.24, 2.45) is 0 Å². The van der Waals surface area contributed by atoms with E-state index in [4.69, 9.17) is 5.11 Å². The Morgan fingerprint density at radius 1 is 1.55 bits per heavy atom. The third-order valence-corrected chi connectivity index (χ3v) is 0.719. The van der Waals surface area contributed by atoms with Gasteiger partial charge in [0.05, 0.1) is 6.54 Å². The number of carbonyl (C=O) groups excluding carboxylic acids is 1. The third-order valence-electron chi connectivity index (χ3n) is 0.719. The number of amides is 1. The van der Waals surface area contributed by atoms with E-state index >= 15 is 0 Å². The van der Waals surface area contributed by atoms with Gasteiger partial charge in [-0.1, -0.05) is 0 Å². The minimum Gasteiger partial charge on any atom is -0.479 e. The van der Waals surface area contributed by atoms with Crippen LogP contribution in [0.25, 0.3) is 0 Å². The first-order valence-corrected chi connectivity index (χ1v) is 2.94. The molecule has 1 amide bonds. The van der Waals surface area contributed by atoms with Crippen LogP contribution in [0.15, 0.2) is 0 Å². The zero-order valence-electron chi connectivity index (χ0n) is 6.09. The fourth-order valence-electron chi connectivity index (χ4n) is 0.375. The molecule has 64 valence electrons. The number of hydrogen-bond donors (Lipinski definition) is 3. The highest BCUT2D eigenvalue weighted by Crippen LogP contribution is 1.68. The maximum absolute atomic E-state index is 10.5. The first kappa shape index (κ1) is 9.86. The molecule has 0 aliphatic heterocycles. The maximum Gasteiger partial charge on any atom is 0.332 e. The van der Waals surface area contributed by atoms with E-state index in [1.807, 2.05) is 5.48 Å². The van der Waals surface area contributed by atoms with Crippen LogP contribution in [0.3, 0.4) is 0 Å². The van der Waals surface area contributed by atoms with Crippen LogP contribution in [0, 0.1) is 0 Å². The second-order valence-corrected chi connectivity index (χ2v) is 1.74. The predicted octanol–water partition coefficient (Wildman–Crippen LogP) is -1.66. The van der Waals surface area contributed by atoms with Gasteiger partial charge in [-0.2, -0.15) is 0 Å². The summed E-state index contributed by atoms with van der Waals surface area (Å²) in [4.78, 5) is 24.7. The van der Waals surface area contributed by atoms with Gasteiger partial charge in [-0.05, 0) is 7.05 Å². The van der Waals surface area contributed by atoms with Crippen molar-refractivity contribution in [3.63, 3.8) is 0 Å². The second kappa shape index (κ2) is 5.63. The largest absolute Gasteiger partial charge is 0.479 e. The van der Waals surface area contributed by atoms with Crippen molar-refractivity contribution in [1.82, 2.24) is 10.8 Å². The number of hydrogen-bond acceptors (Lipinski definition) is 4. The normalized spacial score (nSPS) is 9.18. The summed E-state index contributed by atoms with van der Waals surface area (Å²) in [6.07, 6.45) is 0. The molecule has 0 atom stereocenters. The fourth-order valence-corrected chi connectivity index (χ4v) is 0.375. The highest BCUT2D eigenvalue weighted by atomic mass is 16.7. The number of carboxylic acids is 1. The Bertz CT molecular complexity index is 147. The van der Waals surface area contributed by atoms with Crippen molar-refractivity contribution in [2.45, 2.75) is 0 Å². The van der Waals surface area contributed by atoms with E-state index in [1.54, 1.807) is 7.05 Å². The number of hydroxylamine groups is 1. The van der Waals surface area contributed by atoms with E-state index in [9.17, 15) is 9.59 Å². The van der Waals surface area contributed by atoms with Crippen LogP contribution >= 0.6 is 0 Å². The molecule has 0 heterocycles. The number of likely N-dealkylation sites (N-methyl/N-ethyl adjacent to an activating group) is 1. The molecule has 6 heteroatoms. The molecule has 11 heavy (non-hydrogen) atoms. The molecule has 0 spiro atoms. The lowest BCUT2D eigenvalue weighted by atomic mass is 10.6. The molecule has 0 aliphatic rings. The number of nitrogens with one attached hydrogen (secondary N) is 2. The van der Waals surface area contributed by atoms with Crippen molar-refractivity contribution in [3.8, 4) is 0 Å². The number of rotatable bonds is 5. The fraction of sp³-hybridized carbons (Fsp3) is 0.600. The molecule has 0 bridgehead atoms. The molecule has 0 unspecified atom stereocenters. The first-order valence-electron chi connectivity index (χ1n) is 2.94. The summed E-state index contributed by atoms with van der Waals surface area (Å²) in [6, 6.07) is 0. The van der Waals surface area contributed by atoms with Gasteiger partial charge in [0.1, 0.15) is 0 Å². The molecule has 0 saturated heterocycles. The van der Waals surface area contributed by atoms with Crippen LogP contribution in [0.2, 0.25) is 0 Å². The van der Waals surface area contributed by atoms with Crippen LogP contribution in [0.1, 0.15) is 0 Å². The lowest BCUT2D eigenvalue weighted by molar-refractivity contribution is -0.148.